The van der Waals surface area contributed by atoms with E-state index < -0.39 is 0 Å². The maximum atomic E-state index is 9.08. The molecule has 3 N–H and O–H groups in total. The molecule has 0 saturated heterocycles. The molecule has 1 aliphatic rings. The number of nitrogens with one attached hydrogen (secondary N) is 2. The van der Waals surface area contributed by atoms with Gasteiger partial charge in [0.2, 0.25) is 0 Å². The predicted molar refractivity (Wildman–Crippen MR) is 78.2 cm³/mol. The number of fused-ring (bicyclic) bond motifs is 3. The molecule has 1 atom stereocenters. The van der Waals surface area contributed by atoms with Crippen LogP contribution in [0.15, 0.2) is 35.9 Å². The largest absolute Gasteiger partial charge is 0.392 e. The lowest BCUT2D eigenvalue weighted by Crippen LogP contribution is -2.29. The van der Waals surface area contributed by atoms with Gasteiger partial charge in [0.1, 0.15) is 0 Å². The molecule has 0 spiro atoms. The van der Waals surface area contributed by atoms with Gasteiger partial charge in [-0.05, 0) is 37.9 Å². The van der Waals surface area contributed by atoms with Gasteiger partial charge in [-0.1, -0.05) is 29.8 Å². The van der Waals surface area contributed by atoms with Crippen molar-refractivity contribution >= 4 is 10.9 Å². The van der Waals surface area contributed by atoms with Crippen molar-refractivity contribution in [3.63, 3.8) is 0 Å². The fraction of sp³-hybridized carbons (Fsp3) is 0.375. The molecule has 2 heterocycles. The van der Waals surface area contributed by atoms with E-state index in [9.17, 15) is 0 Å². The number of hydrogen-bond acceptors (Lipinski definition) is 2. The molecule has 0 amide bonds. The standard InChI is InChI=1S/C16H20N2O/c1-11(10-19)6-7-15-16-13(8-9-17-15)12-4-2-3-5-14(12)18-16/h2-6,15,17-19H,7-10H2,1H3/b11-6+. The van der Waals surface area contributed by atoms with E-state index in [1.54, 1.807) is 0 Å². The van der Waals surface area contributed by atoms with Crippen LogP contribution in [0, 0.1) is 0 Å². The van der Waals surface area contributed by atoms with Gasteiger partial charge in [-0.15, -0.1) is 0 Å². The first kappa shape index (κ1) is 12.5. The Labute approximate surface area is 113 Å². The molecule has 3 nitrogen and oxygen atoms in total. The van der Waals surface area contributed by atoms with Gasteiger partial charge < -0.3 is 15.4 Å². The summed E-state index contributed by atoms with van der Waals surface area (Å²) in [5, 5.41) is 14.0. The fourth-order valence-corrected chi connectivity index (χ4v) is 2.85. The van der Waals surface area contributed by atoms with Crippen molar-refractivity contribution in [2.24, 2.45) is 0 Å². The van der Waals surface area contributed by atoms with Gasteiger partial charge in [0, 0.05) is 16.6 Å². The van der Waals surface area contributed by atoms with Gasteiger partial charge >= 0.3 is 0 Å². The number of aromatic nitrogens is 1. The average molecular weight is 256 g/mol. The first-order chi connectivity index (χ1) is 9.29. The van der Waals surface area contributed by atoms with E-state index >= 15 is 0 Å². The first-order valence-corrected chi connectivity index (χ1v) is 6.89. The highest BCUT2D eigenvalue weighted by Crippen LogP contribution is 2.31. The Morgan fingerprint density at radius 1 is 1.42 bits per heavy atom. The minimum Gasteiger partial charge on any atom is -0.392 e. The van der Waals surface area contributed by atoms with Crippen molar-refractivity contribution in [3.8, 4) is 0 Å². The zero-order chi connectivity index (χ0) is 13.2. The minimum absolute atomic E-state index is 0.145. The maximum absolute atomic E-state index is 9.08. The van der Waals surface area contributed by atoms with E-state index in [0.717, 1.165) is 25.0 Å². The van der Waals surface area contributed by atoms with Crippen molar-refractivity contribution in [1.82, 2.24) is 10.3 Å². The molecule has 1 aromatic heterocycles. The molecule has 1 unspecified atom stereocenters. The Morgan fingerprint density at radius 3 is 3.11 bits per heavy atom. The molecule has 0 fully saturated rings. The van der Waals surface area contributed by atoms with E-state index in [0.29, 0.717) is 6.04 Å². The third-order valence-electron chi connectivity index (χ3n) is 3.91. The second-order valence-corrected chi connectivity index (χ2v) is 5.26. The Bertz CT molecular complexity index is 612. The zero-order valence-corrected chi connectivity index (χ0v) is 11.2. The van der Waals surface area contributed by atoms with Crippen molar-refractivity contribution in [2.45, 2.75) is 25.8 Å². The number of hydrogen-bond donors (Lipinski definition) is 3. The lowest BCUT2D eigenvalue weighted by molar-refractivity contribution is 0.330. The fourth-order valence-electron chi connectivity index (χ4n) is 2.85. The van der Waals surface area contributed by atoms with Crippen molar-refractivity contribution in [3.05, 3.63) is 47.2 Å². The van der Waals surface area contributed by atoms with Crippen molar-refractivity contribution in [1.29, 1.82) is 0 Å². The van der Waals surface area contributed by atoms with Gasteiger partial charge in [-0.3, -0.25) is 0 Å². The van der Waals surface area contributed by atoms with Crippen LogP contribution in [0.2, 0.25) is 0 Å². The van der Waals surface area contributed by atoms with Gasteiger partial charge in [-0.2, -0.15) is 0 Å². The number of rotatable bonds is 3. The van der Waals surface area contributed by atoms with Crippen LogP contribution in [0.1, 0.15) is 30.6 Å². The molecule has 2 aromatic rings. The molecule has 1 aliphatic heterocycles. The Morgan fingerprint density at radius 2 is 2.26 bits per heavy atom. The summed E-state index contributed by atoms with van der Waals surface area (Å²) in [4.78, 5) is 3.55. The maximum Gasteiger partial charge on any atom is 0.0639 e. The van der Waals surface area contributed by atoms with Crippen LogP contribution in [0.25, 0.3) is 10.9 Å². The van der Waals surface area contributed by atoms with Gasteiger partial charge in [0.25, 0.3) is 0 Å². The second kappa shape index (κ2) is 5.19. The lowest BCUT2D eigenvalue weighted by atomic mass is 9.97. The van der Waals surface area contributed by atoms with Crippen LogP contribution in [0.4, 0.5) is 0 Å². The Hall–Kier alpha value is -1.58. The summed E-state index contributed by atoms with van der Waals surface area (Å²) in [6.45, 7) is 3.13. The molecule has 0 bridgehead atoms. The Balaban J connectivity index is 1.96. The molecule has 100 valence electrons. The molecule has 3 heteroatoms. The first-order valence-electron chi connectivity index (χ1n) is 6.89. The van der Waals surface area contributed by atoms with Crippen LogP contribution < -0.4 is 5.32 Å². The molecule has 19 heavy (non-hydrogen) atoms. The van der Waals surface area contributed by atoms with Gasteiger partial charge in [-0.25, -0.2) is 0 Å². The zero-order valence-electron chi connectivity index (χ0n) is 11.2. The van der Waals surface area contributed by atoms with Crippen molar-refractivity contribution < 1.29 is 5.11 Å². The van der Waals surface area contributed by atoms with Gasteiger partial charge in [0.05, 0.1) is 12.6 Å². The molecular formula is C16H20N2O. The van der Waals surface area contributed by atoms with E-state index in [4.69, 9.17) is 5.11 Å². The van der Waals surface area contributed by atoms with Crippen LogP contribution in [0.5, 0.6) is 0 Å². The summed E-state index contributed by atoms with van der Waals surface area (Å²) in [5.74, 6) is 0. The van der Waals surface area contributed by atoms with Crippen LogP contribution in [-0.4, -0.2) is 23.2 Å². The summed E-state index contributed by atoms with van der Waals surface area (Å²) in [6.07, 6.45) is 4.13. The number of benzene rings is 1. The quantitative estimate of drug-likeness (QED) is 0.739. The number of para-hydroxylation sites is 1. The normalized spacial score (nSPS) is 19.7. The Kier molecular flexibility index (Phi) is 3.40. The molecule has 0 aliphatic carbocycles. The number of aliphatic hydroxyl groups is 1. The topological polar surface area (TPSA) is 48.0 Å². The third kappa shape index (κ3) is 2.31. The monoisotopic (exact) mass is 256 g/mol. The number of H-pyrrole nitrogens is 1. The summed E-state index contributed by atoms with van der Waals surface area (Å²) >= 11 is 0. The summed E-state index contributed by atoms with van der Waals surface area (Å²) in [7, 11) is 0. The van der Waals surface area contributed by atoms with E-state index in [1.807, 2.05) is 6.92 Å². The highest BCUT2D eigenvalue weighted by molar-refractivity contribution is 5.85. The van der Waals surface area contributed by atoms with Gasteiger partial charge in [0.15, 0.2) is 0 Å². The van der Waals surface area contributed by atoms with E-state index in [2.05, 4.69) is 40.6 Å². The highest BCUT2D eigenvalue weighted by Gasteiger charge is 2.22. The third-order valence-corrected chi connectivity index (χ3v) is 3.91. The van der Waals surface area contributed by atoms with Crippen molar-refractivity contribution in [2.75, 3.05) is 13.2 Å². The lowest BCUT2D eigenvalue weighted by Gasteiger charge is -2.23. The van der Waals surface area contributed by atoms with Crippen LogP contribution in [-0.2, 0) is 6.42 Å². The second-order valence-electron chi connectivity index (χ2n) is 5.26. The molecule has 1 aromatic carbocycles. The number of aromatic amines is 1. The summed E-state index contributed by atoms with van der Waals surface area (Å²) in [5.41, 5.74) is 5.03. The predicted octanol–water partition coefficient (Wildman–Crippen LogP) is 2.68. The average Bonchev–Trinajstić information content (AvgIpc) is 2.84. The van der Waals surface area contributed by atoms with Crippen LogP contribution >= 0.6 is 0 Å². The molecular weight excluding hydrogens is 236 g/mol. The molecule has 0 saturated carbocycles. The highest BCUT2D eigenvalue weighted by atomic mass is 16.3. The molecule has 3 rings (SSSR count). The van der Waals surface area contributed by atoms with Crippen LogP contribution in [0.3, 0.4) is 0 Å². The summed E-state index contributed by atoms with van der Waals surface area (Å²) < 4.78 is 0. The summed E-state index contributed by atoms with van der Waals surface area (Å²) in [6, 6.07) is 8.84. The van der Waals surface area contributed by atoms with E-state index in [1.165, 1.54) is 22.2 Å². The SMILES string of the molecule is C/C(=C\CC1NCCc2c1[nH]c1ccccc21)CO. The minimum atomic E-state index is 0.145. The number of aliphatic hydroxyl groups excluding tert-OH is 1. The smallest absolute Gasteiger partial charge is 0.0639 e. The molecule has 0 radical (unpaired) electrons. The van der Waals surface area contributed by atoms with E-state index in [-0.39, 0.29) is 6.61 Å².